The van der Waals surface area contributed by atoms with Crippen LogP contribution in [0.5, 0.6) is 0 Å². The molecular formula is C9H20N. The first-order valence-electron chi connectivity index (χ1n) is 3.97. The van der Waals surface area contributed by atoms with Gasteiger partial charge >= 0.3 is 0 Å². The zero-order chi connectivity index (χ0) is 8.20. The third-order valence-corrected chi connectivity index (χ3v) is 2.25. The molecule has 61 valence electrons. The van der Waals surface area contributed by atoms with Gasteiger partial charge in [-0.3, -0.25) is 0 Å². The summed E-state index contributed by atoms with van der Waals surface area (Å²) in [6.07, 6.45) is 3.52. The summed E-state index contributed by atoms with van der Waals surface area (Å²) in [5, 5.41) is 0. The molecule has 1 nitrogen and oxygen atoms in total. The standard InChI is InChI=1S/C9H20N/c1-6-7-8-9(2,3)10(4)5/h1,6-8H2,2-5H3. The van der Waals surface area contributed by atoms with Gasteiger partial charge in [-0.15, -0.1) is 0 Å². The van der Waals surface area contributed by atoms with Crippen molar-refractivity contribution in [1.82, 2.24) is 4.90 Å². The van der Waals surface area contributed by atoms with Gasteiger partial charge in [-0.1, -0.05) is 19.8 Å². The van der Waals surface area contributed by atoms with Gasteiger partial charge in [-0.2, -0.15) is 0 Å². The van der Waals surface area contributed by atoms with Gasteiger partial charge in [0.25, 0.3) is 0 Å². The lowest BCUT2D eigenvalue weighted by atomic mass is 9.96. The van der Waals surface area contributed by atoms with Gasteiger partial charge in [0.2, 0.25) is 0 Å². The number of rotatable bonds is 4. The van der Waals surface area contributed by atoms with Crippen LogP contribution in [0.25, 0.3) is 0 Å². The highest BCUT2D eigenvalue weighted by Crippen LogP contribution is 2.17. The van der Waals surface area contributed by atoms with E-state index in [1.54, 1.807) is 0 Å². The first-order valence-corrected chi connectivity index (χ1v) is 3.97. The molecule has 0 heterocycles. The van der Waals surface area contributed by atoms with E-state index in [1.807, 2.05) is 0 Å². The third-order valence-electron chi connectivity index (χ3n) is 2.25. The fourth-order valence-corrected chi connectivity index (χ4v) is 0.781. The molecule has 0 aliphatic carbocycles. The molecule has 10 heavy (non-hydrogen) atoms. The van der Waals surface area contributed by atoms with Crippen molar-refractivity contribution in [2.45, 2.75) is 38.6 Å². The van der Waals surface area contributed by atoms with Crippen LogP contribution in [0.3, 0.4) is 0 Å². The highest BCUT2D eigenvalue weighted by molar-refractivity contribution is 4.76. The van der Waals surface area contributed by atoms with Crippen LogP contribution in [-0.2, 0) is 0 Å². The molecule has 0 spiro atoms. The zero-order valence-corrected chi connectivity index (χ0v) is 7.78. The Kier molecular flexibility index (Phi) is 3.95. The van der Waals surface area contributed by atoms with E-state index in [0.29, 0.717) is 5.54 Å². The maximum atomic E-state index is 3.83. The van der Waals surface area contributed by atoms with E-state index in [9.17, 15) is 0 Å². The second-order valence-corrected chi connectivity index (χ2v) is 3.66. The van der Waals surface area contributed by atoms with Gasteiger partial charge in [0.05, 0.1) is 0 Å². The van der Waals surface area contributed by atoms with Crippen LogP contribution in [0.2, 0.25) is 0 Å². The Morgan fingerprint density at radius 2 is 1.80 bits per heavy atom. The Bertz CT molecular complexity index is 84.7. The van der Waals surface area contributed by atoms with Crippen LogP contribution >= 0.6 is 0 Å². The minimum Gasteiger partial charge on any atom is -0.304 e. The molecule has 0 aromatic carbocycles. The molecule has 0 fully saturated rings. The maximum absolute atomic E-state index is 3.83. The molecule has 0 amide bonds. The molecule has 0 bridgehead atoms. The first-order chi connectivity index (χ1) is 4.50. The van der Waals surface area contributed by atoms with Crippen LogP contribution < -0.4 is 0 Å². The Labute approximate surface area is 65.4 Å². The molecular weight excluding hydrogens is 122 g/mol. The van der Waals surface area contributed by atoms with E-state index in [0.717, 1.165) is 6.42 Å². The Morgan fingerprint density at radius 3 is 2.10 bits per heavy atom. The van der Waals surface area contributed by atoms with Crippen LogP contribution in [0.15, 0.2) is 0 Å². The molecule has 1 radical (unpaired) electrons. The monoisotopic (exact) mass is 142 g/mol. The van der Waals surface area contributed by atoms with Gasteiger partial charge < -0.3 is 4.90 Å². The Hall–Kier alpha value is -0.0400. The molecule has 0 aliphatic heterocycles. The predicted octanol–water partition coefficient (Wildman–Crippen LogP) is 2.33. The summed E-state index contributed by atoms with van der Waals surface area (Å²) in [5.41, 5.74) is 0.345. The first kappa shape index (κ1) is 9.96. The highest BCUT2D eigenvalue weighted by atomic mass is 15.1. The summed E-state index contributed by atoms with van der Waals surface area (Å²) in [6, 6.07) is 0. The van der Waals surface area contributed by atoms with Gasteiger partial charge in [-0.25, -0.2) is 0 Å². The quantitative estimate of drug-likeness (QED) is 0.582. The minimum atomic E-state index is 0.345. The summed E-state index contributed by atoms with van der Waals surface area (Å²) >= 11 is 0. The van der Waals surface area contributed by atoms with Crippen LogP contribution in [0.1, 0.15) is 33.1 Å². The second-order valence-electron chi connectivity index (χ2n) is 3.66. The molecule has 0 aromatic rings. The average Bonchev–Trinajstić information content (AvgIpc) is 1.84. The van der Waals surface area contributed by atoms with E-state index in [-0.39, 0.29) is 0 Å². The van der Waals surface area contributed by atoms with Crippen molar-refractivity contribution in [2.24, 2.45) is 0 Å². The number of hydrogen-bond acceptors (Lipinski definition) is 1. The Morgan fingerprint density at radius 1 is 1.30 bits per heavy atom. The number of hydrogen-bond donors (Lipinski definition) is 0. The molecule has 0 aromatic heterocycles. The Balaban J connectivity index is 3.63. The van der Waals surface area contributed by atoms with E-state index in [1.165, 1.54) is 12.8 Å². The minimum absolute atomic E-state index is 0.345. The maximum Gasteiger partial charge on any atom is 0.0147 e. The highest BCUT2D eigenvalue weighted by Gasteiger charge is 2.18. The average molecular weight is 142 g/mol. The van der Waals surface area contributed by atoms with Gasteiger partial charge in [0.1, 0.15) is 0 Å². The zero-order valence-electron chi connectivity index (χ0n) is 7.78. The lowest BCUT2D eigenvalue weighted by molar-refractivity contribution is 0.179. The van der Waals surface area contributed by atoms with E-state index < -0.39 is 0 Å². The van der Waals surface area contributed by atoms with Crippen molar-refractivity contribution < 1.29 is 0 Å². The van der Waals surface area contributed by atoms with Crippen molar-refractivity contribution in [3.05, 3.63) is 6.92 Å². The fraction of sp³-hybridized carbons (Fsp3) is 0.889. The largest absolute Gasteiger partial charge is 0.304 e. The van der Waals surface area contributed by atoms with Crippen molar-refractivity contribution >= 4 is 0 Å². The molecule has 0 saturated carbocycles. The van der Waals surface area contributed by atoms with Crippen molar-refractivity contribution in [3.63, 3.8) is 0 Å². The lowest BCUT2D eigenvalue weighted by Gasteiger charge is -2.32. The van der Waals surface area contributed by atoms with Crippen molar-refractivity contribution in [1.29, 1.82) is 0 Å². The summed E-state index contributed by atoms with van der Waals surface area (Å²) in [7, 11) is 4.26. The van der Waals surface area contributed by atoms with Crippen molar-refractivity contribution in [3.8, 4) is 0 Å². The molecule has 0 unspecified atom stereocenters. The normalized spacial score (nSPS) is 12.6. The van der Waals surface area contributed by atoms with Crippen LogP contribution in [-0.4, -0.2) is 24.5 Å². The van der Waals surface area contributed by atoms with E-state index in [2.05, 4.69) is 39.8 Å². The molecule has 0 saturated heterocycles. The lowest BCUT2D eigenvalue weighted by Crippen LogP contribution is -2.37. The SMILES string of the molecule is [CH2]CCCC(C)(C)N(C)C. The van der Waals surface area contributed by atoms with Gasteiger partial charge in [-0.05, 0) is 34.4 Å². The molecule has 1 heteroatoms. The van der Waals surface area contributed by atoms with E-state index in [4.69, 9.17) is 0 Å². The summed E-state index contributed by atoms with van der Waals surface area (Å²) in [4.78, 5) is 2.27. The smallest absolute Gasteiger partial charge is 0.0147 e. The second kappa shape index (κ2) is 3.97. The fourth-order valence-electron chi connectivity index (χ4n) is 0.781. The number of nitrogens with zero attached hydrogens (tertiary/aromatic N) is 1. The van der Waals surface area contributed by atoms with Crippen LogP contribution in [0.4, 0.5) is 0 Å². The molecule has 0 N–H and O–H groups in total. The van der Waals surface area contributed by atoms with Gasteiger partial charge in [0, 0.05) is 5.54 Å². The molecule has 0 rings (SSSR count). The third kappa shape index (κ3) is 3.21. The summed E-state index contributed by atoms with van der Waals surface area (Å²) < 4.78 is 0. The molecule has 0 atom stereocenters. The molecule has 0 aliphatic rings. The number of unbranched alkanes of at least 4 members (excludes halogenated alkanes) is 1. The van der Waals surface area contributed by atoms with Gasteiger partial charge in [0.15, 0.2) is 0 Å². The topological polar surface area (TPSA) is 3.24 Å². The van der Waals surface area contributed by atoms with E-state index >= 15 is 0 Å². The van der Waals surface area contributed by atoms with Crippen molar-refractivity contribution in [2.75, 3.05) is 14.1 Å². The van der Waals surface area contributed by atoms with Crippen LogP contribution in [0, 0.1) is 6.92 Å². The summed E-state index contributed by atoms with van der Waals surface area (Å²) in [6.45, 7) is 8.36. The summed E-state index contributed by atoms with van der Waals surface area (Å²) in [5.74, 6) is 0. The predicted molar refractivity (Wildman–Crippen MR) is 47.0 cm³/mol.